The maximum absolute atomic E-state index is 9.37. The van der Waals surface area contributed by atoms with Gasteiger partial charge in [0.05, 0.1) is 12.8 Å². The molecule has 0 aliphatic heterocycles. The summed E-state index contributed by atoms with van der Waals surface area (Å²) in [7, 11) is 1.60. The lowest BCUT2D eigenvalue weighted by molar-refractivity contribution is 0.417. The van der Waals surface area contributed by atoms with Crippen LogP contribution in [0.25, 0.3) is 0 Å². The van der Waals surface area contributed by atoms with Gasteiger partial charge in [0.25, 0.3) is 0 Å². The van der Waals surface area contributed by atoms with E-state index >= 15 is 0 Å². The zero-order valence-corrected chi connectivity index (χ0v) is 11.2. The van der Waals surface area contributed by atoms with Crippen molar-refractivity contribution in [3.05, 3.63) is 48.5 Å². The second kappa shape index (κ2) is 6.06. The highest BCUT2D eigenvalue weighted by molar-refractivity contribution is 7.80. The minimum absolute atomic E-state index is 0.185. The van der Waals surface area contributed by atoms with Gasteiger partial charge in [0.2, 0.25) is 0 Å². The van der Waals surface area contributed by atoms with Gasteiger partial charge in [-0.05, 0) is 36.5 Å². The first-order valence-corrected chi connectivity index (χ1v) is 6.10. The summed E-state index contributed by atoms with van der Waals surface area (Å²) in [5.74, 6) is 0.896. The van der Waals surface area contributed by atoms with E-state index in [1.54, 1.807) is 25.3 Å². The predicted molar refractivity (Wildman–Crippen MR) is 80.9 cm³/mol. The van der Waals surface area contributed by atoms with Crippen molar-refractivity contribution in [1.82, 2.24) is 0 Å². The van der Waals surface area contributed by atoms with Crippen molar-refractivity contribution in [2.24, 2.45) is 0 Å². The molecule has 0 heterocycles. The molecule has 4 nitrogen and oxygen atoms in total. The lowest BCUT2D eigenvalue weighted by Gasteiger charge is -2.13. The van der Waals surface area contributed by atoms with Crippen LogP contribution in [0.3, 0.4) is 0 Å². The Bertz CT molecular complexity index is 587. The van der Waals surface area contributed by atoms with E-state index in [9.17, 15) is 5.11 Å². The minimum Gasteiger partial charge on any atom is -0.508 e. The molecule has 5 heteroatoms. The lowest BCUT2D eigenvalue weighted by Crippen LogP contribution is -2.19. The van der Waals surface area contributed by atoms with Crippen LogP contribution in [0.5, 0.6) is 11.5 Å². The number of para-hydroxylation sites is 2. The topological polar surface area (TPSA) is 53.5 Å². The molecule has 0 aliphatic rings. The molecule has 0 saturated heterocycles. The molecular formula is C14H14N2O2S. The molecule has 0 radical (unpaired) electrons. The van der Waals surface area contributed by atoms with E-state index in [0.717, 1.165) is 5.69 Å². The number of hydrogen-bond acceptors (Lipinski definition) is 3. The fourth-order valence-electron chi connectivity index (χ4n) is 1.62. The molecule has 2 aromatic carbocycles. The molecule has 2 rings (SSSR count). The van der Waals surface area contributed by atoms with Crippen LogP contribution in [0.1, 0.15) is 0 Å². The van der Waals surface area contributed by atoms with E-state index < -0.39 is 0 Å². The zero-order valence-electron chi connectivity index (χ0n) is 10.4. The molecule has 98 valence electrons. The van der Waals surface area contributed by atoms with Gasteiger partial charge in [-0.1, -0.05) is 18.2 Å². The predicted octanol–water partition coefficient (Wildman–Crippen LogP) is 3.21. The van der Waals surface area contributed by atoms with Crippen molar-refractivity contribution in [3.8, 4) is 11.5 Å². The number of ether oxygens (including phenoxy) is 1. The highest BCUT2D eigenvalue weighted by atomic mass is 32.1. The van der Waals surface area contributed by atoms with Gasteiger partial charge in [-0.25, -0.2) is 0 Å². The summed E-state index contributed by atoms with van der Waals surface area (Å²) in [4.78, 5) is 0. The third-order valence-electron chi connectivity index (χ3n) is 2.46. The number of rotatable bonds is 3. The highest BCUT2D eigenvalue weighted by Crippen LogP contribution is 2.23. The van der Waals surface area contributed by atoms with Crippen LogP contribution in [0, 0.1) is 0 Å². The molecule has 0 bridgehead atoms. The van der Waals surface area contributed by atoms with Gasteiger partial charge < -0.3 is 20.5 Å². The number of methoxy groups -OCH3 is 1. The molecular weight excluding hydrogens is 260 g/mol. The molecule has 0 aromatic heterocycles. The van der Waals surface area contributed by atoms with E-state index in [4.69, 9.17) is 17.0 Å². The average Bonchev–Trinajstić information content (AvgIpc) is 2.39. The number of phenols is 1. The standard InChI is InChI=1S/C14H14N2O2S/c1-18-13-8-3-2-7-12(13)16-14(19)15-10-5-4-6-11(17)9-10/h2-9,17H,1H3,(H2,15,16,19). The van der Waals surface area contributed by atoms with E-state index in [0.29, 0.717) is 16.5 Å². The third kappa shape index (κ3) is 3.59. The number of hydrogen-bond donors (Lipinski definition) is 3. The maximum Gasteiger partial charge on any atom is 0.175 e. The Morgan fingerprint density at radius 2 is 1.89 bits per heavy atom. The van der Waals surface area contributed by atoms with Crippen molar-refractivity contribution in [3.63, 3.8) is 0 Å². The van der Waals surface area contributed by atoms with Crippen molar-refractivity contribution < 1.29 is 9.84 Å². The van der Waals surface area contributed by atoms with E-state index in [1.165, 1.54) is 0 Å². The van der Waals surface area contributed by atoms with Crippen LogP contribution in [-0.4, -0.2) is 17.3 Å². The van der Waals surface area contributed by atoms with Crippen molar-refractivity contribution >= 4 is 28.7 Å². The minimum atomic E-state index is 0.185. The average molecular weight is 274 g/mol. The summed E-state index contributed by atoms with van der Waals surface area (Å²) in [5, 5.41) is 15.8. The Labute approximate surface area is 117 Å². The van der Waals surface area contributed by atoms with Crippen molar-refractivity contribution in [2.45, 2.75) is 0 Å². The summed E-state index contributed by atoms with van der Waals surface area (Å²) in [5.41, 5.74) is 1.50. The van der Waals surface area contributed by atoms with Gasteiger partial charge in [-0.2, -0.15) is 0 Å². The number of benzene rings is 2. The zero-order chi connectivity index (χ0) is 13.7. The number of thiocarbonyl (C=S) groups is 1. The fraction of sp³-hybridized carbons (Fsp3) is 0.0714. The monoisotopic (exact) mass is 274 g/mol. The first kappa shape index (κ1) is 13.2. The number of phenolic OH excluding ortho intramolecular Hbond substituents is 1. The normalized spacial score (nSPS) is 9.74. The number of anilines is 2. The molecule has 0 aliphatic carbocycles. The summed E-state index contributed by atoms with van der Waals surface area (Å²) >= 11 is 5.21. The Balaban J connectivity index is 2.05. The van der Waals surface area contributed by atoms with Gasteiger partial charge in [0.1, 0.15) is 11.5 Å². The van der Waals surface area contributed by atoms with Crippen LogP contribution < -0.4 is 15.4 Å². The number of nitrogens with one attached hydrogen (secondary N) is 2. The van der Waals surface area contributed by atoms with Crippen molar-refractivity contribution in [1.29, 1.82) is 0 Å². The second-order valence-corrected chi connectivity index (χ2v) is 4.24. The molecule has 3 N–H and O–H groups in total. The van der Waals surface area contributed by atoms with Gasteiger partial charge in [-0.15, -0.1) is 0 Å². The molecule has 0 atom stereocenters. The molecule has 0 spiro atoms. The van der Waals surface area contributed by atoms with Gasteiger partial charge in [-0.3, -0.25) is 0 Å². The van der Waals surface area contributed by atoms with E-state index in [-0.39, 0.29) is 5.75 Å². The first-order valence-electron chi connectivity index (χ1n) is 5.69. The lowest BCUT2D eigenvalue weighted by atomic mass is 10.3. The Hall–Kier alpha value is -2.27. The Kier molecular flexibility index (Phi) is 4.20. The summed E-state index contributed by atoms with van der Waals surface area (Å²) in [6.07, 6.45) is 0. The van der Waals surface area contributed by atoms with Crippen LogP contribution in [0.2, 0.25) is 0 Å². The van der Waals surface area contributed by atoms with E-state index in [2.05, 4.69) is 10.6 Å². The molecule has 0 amide bonds. The largest absolute Gasteiger partial charge is 0.508 e. The molecule has 19 heavy (non-hydrogen) atoms. The Morgan fingerprint density at radius 1 is 1.11 bits per heavy atom. The van der Waals surface area contributed by atoms with Gasteiger partial charge in [0.15, 0.2) is 5.11 Å². The molecule has 0 fully saturated rings. The highest BCUT2D eigenvalue weighted by Gasteiger charge is 2.04. The summed E-state index contributed by atoms with van der Waals surface area (Å²) in [6, 6.07) is 14.2. The first-order chi connectivity index (χ1) is 9.19. The third-order valence-corrected chi connectivity index (χ3v) is 2.66. The number of aromatic hydroxyl groups is 1. The SMILES string of the molecule is COc1ccccc1NC(=S)Nc1cccc(O)c1. The summed E-state index contributed by atoms with van der Waals surface area (Å²) < 4.78 is 5.23. The second-order valence-electron chi connectivity index (χ2n) is 3.83. The van der Waals surface area contributed by atoms with Crippen LogP contribution >= 0.6 is 12.2 Å². The maximum atomic E-state index is 9.37. The summed E-state index contributed by atoms with van der Waals surface area (Å²) in [6.45, 7) is 0. The van der Waals surface area contributed by atoms with Crippen molar-refractivity contribution in [2.75, 3.05) is 17.7 Å². The Morgan fingerprint density at radius 3 is 2.63 bits per heavy atom. The van der Waals surface area contributed by atoms with Crippen LogP contribution in [-0.2, 0) is 0 Å². The van der Waals surface area contributed by atoms with E-state index in [1.807, 2.05) is 30.3 Å². The molecule has 0 saturated carbocycles. The quantitative estimate of drug-likeness (QED) is 0.750. The van der Waals surface area contributed by atoms with Gasteiger partial charge >= 0.3 is 0 Å². The smallest absolute Gasteiger partial charge is 0.175 e. The molecule has 0 unspecified atom stereocenters. The van der Waals surface area contributed by atoms with Crippen LogP contribution in [0.4, 0.5) is 11.4 Å². The van der Waals surface area contributed by atoms with Crippen LogP contribution in [0.15, 0.2) is 48.5 Å². The van der Waals surface area contributed by atoms with Gasteiger partial charge in [0, 0.05) is 11.8 Å². The molecule has 2 aromatic rings. The fourth-order valence-corrected chi connectivity index (χ4v) is 1.84.